The van der Waals surface area contributed by atoms with Gasteiger partial charge in [0, 0.05) is 11.8 Å². The molecule has 4 aliphatic carbocycles. The summed E-state index contributed by atoms with van der Waals surface area (Å²) in [6.07, 6.45) is 8.31. The molecule has 0 aliphatic heterocycles. The van der Waals surface area contributed by atoms with Crippen LogP contribution in [0.3, 0.4) is 0 Å². The van der Waals surface area contributed by atoms with Crippen molar-refractivity contribution < 1.29 is 9.90 Å². The van der Waals surface area contributed by atoms with Crippen LogP contribution in [0.1, 0.15) is 58.3 Å². The molecule has 0 saturated heterocycles. The van der Waals surface area contributed by atoms with Crippen LogP contribution in [0.4, 0.5) is 0 Å². The number of carbonyl (C=O) groups excluding carboxylic acids is 1. The second-order valence-corrected chi connectivity index (χ2v) is 6.77. The highest BCUT2D eigenvalue weighted by atomic mass is 16.3. The van der Waals surface area contributed by atoms with Gasteiger partial charge < -0.3 is 5.11 Å². The first-order chi connectivity index (χ1) is 8.14. The molecule has 0 amide bonds. The van der Waals surface area contributed by atoms with Crippen LogP contribution in [0, 0.1) is 23.2 Å². The molecule has 0 heterocycles. The van der Waals surface area contributed by atoms with E-state index in [4.69, 9.17) is 0 Å². The van der Waals surface area contributed by atoms with Crippen LogP contribution >= 0.6 is 0 Å². The van der Waals surface area contributed by atoms with Gasteiger partial charge in [0.1, 0.15) is 5.78 Å². The lowest BCUT2D eigenvalue weighted by Gasteiger charge is -2.58. The van der Waals surface area contributed by atoms with Crippen LogP contribution < -0.4 is 0 Å². The van der Waals surface area contributed by atoms with Gasteiger partial charge in [-0.25, -0.2) is 0 Å². The summed E-state index contributed by atoms with van der Waals surface area (Å²) in [5, 5.41) is 10.2. The summed E-state index contributed by atoms with van der Waals surface area (Å²) in [5.74, 6) is 2.13. The smallest absolute Gasteiger partial charge is 0.139 e. The molecule has 4 fully saturated rings. The summed E-state index contributed by atoms with van der Waals surface area (Å²) >= 11 is 0. The molecule has 1 N–H and O–H groups in total. The van der Waals surface area contributed by atoms with Crippen molar-refractivity contribution in [1.82, 2.24) is 0 Å². The zero-order valence-corrected chi connectivity index (χ0v) is 10.8. The summed E-state index contributed by atoms with van der Waals surface area (Å²) < 4.78 is 0. The second-order valence-electron chi connectivity index (χ2n) is 6.77. The maximum absolute atomic E-state index is 12.5. The molecule has 0 aromatic carbocycles. The number of rotatable bonds is 4. The maximum Gasteiger partial charge on any atom is 0.139 e. The van der Waals surface area contributed by atoms with E-state index < -0.39 is 0 Å². The monoisotopic (exact) mass is 236 g/mol. The average molecular weight is 236 g/mol. The largest absolute Gasteiger partial charge is 0.393 e. The number of carbonyl (C=O) groups is 1. The number of hydrogen-bond acceptors (Lipinski definition) is 2. The summed E-state index contributed by atoms with van der Waals surface area (Å²) in [5.41, 5.74) is -0.00903. The normalized spacial score (nSPS) is 47.4. The number of hydrogen-bond donors (Lipinski definition) is 1. The lowest BCUT2D eigenvalue weighted by Crippen LogP contribution is -2.56. The highest BCUT2D eigenvalue weighted by Crippen LogP contribution is 2.60. The van der Waals surface area contributed by atoms with Crippen molar-refractivity contribution in [3.8, 4) is 0 Å². The third kappa shape index (κ3) is 1.76. The zero-order valence-electron chi connectivity index (χ0n) is 10.8. The van der Waals surface area contributed by atoms with Crippen LogP contribution in [-0.2, 0) is 4.79 Å². The minimum Gasteiger partial charge on any atom is -0.393 e. The van der Waals surface area contributed by atoms with Crippen LogP contribution in [0.15, 0.2) is 0 Å². The molecule has 0 spiro atoms. The average Bonchev–Trinajstić information content (AvgIpc) is 2.31. The summed E-state index contributed by atoms with van der Waals surface area (Å²) in [7, 11) is 0. The Kier molecular flexibility index (Phi) is 2.81. The van der Waals surface area contributed by atoms with Crippen molar-refractivity contribution in [2.45, 2.75) is 64.4 Å². The fourth-order valence-corrected chi connectivity index (χ4v) is 4.94. The Bertz CT molecular complexity index is 307. The van der Waals surface area contributed by atoms with Gasteiger partial charge in [0.25, 0.3) is 0 Å². The summed E-state index contributed by atoms with van der Waals surface area (Å²) in [6.45, 7) is 2.15. The van der Waals surface area contributed by atoms with E-state index in [1.54, 1.807) is 0 Å². The van der Waals surface area contributed by atoms with Crippen molar-refractivity contribution in [3.63, 3.8) is 0 Å². The number of Topliss-reactive ketones (excluding diaryl/α,β-unsaturated/α-hetero) is 1. The summed E-state index contributed by atoms with van der Waals surface area (Å²) in [6, 6.07) is 0. The van der Waals surface area contributed by atoms with E-state index in [1.165, 1.54) is 12.8 Å². The molecule has 4 saturated carbocycles. The predicted molar refractivity (Wildman–Crippen MR) is 66.5 cm³/mol. The molecule has 17 heavy (non-hydrogen) atoms. The molecule has 96 valence electrons. The molecular weight excluding hydrogens is 212 g/mol. The van der Waals surface area contributed by atoms with Gasteiger partial charge >= 0.3 is 0 Å². The van der Waals surface area contributed by atoms with Crippen LogP contribution in [-0.4, -0.2) is 17.0 Å². The topological polar surface area (TPSA) is 37.3 Å². The Morgan fingerprint density at radius 1 is 1.24 bits per heavy atom. The first-order valence-corrected chi connectivity index (χ1v) is 7.36. The van der Waals surface area contributed by atoms with E-state index in [1.807, 2.05) is 0 Å². The van der Waals surface area contributed by atoms with Crippen molar-refractivity contribution in [1.29, 1.82) is 0 Å². The van der Waals surface area contributed by atoms with E-state index in [2.05, 4.69) is 6.92 Å². The Labute approximate surface area is 104 Å². The van der Waals surface area contributed by atoms with Gasteiger partial charge in [-0.1, -0.05) is 13.3 Å². The van der Waals surface area contributed by atoms with E-state index in [-0.39, 0.29) is 11.5 Å². The summed E-state index contributed by atoms with van der Waals surface area (Å²) in [4.78, 5) is 12.5. The van der Waals surface area contributed by atoms with E-state index in [0.717, 1.165) is 44.4 Å². The number of aliphatic hydroxyl groups is 1. The Morgan fingerprint density at radius 3 is 2.47 bits per heavy atom. The van der Waals surface area contributed by atoms with E-state index in [9.17, 15) is 9.90 Å². The predicted octanol–water partition coefficient (Wildman–Crippen LogP) is 2.93. The maximum atomic E-state index is 12.5. The van der Waals surface area contributed by atoms with Gasteiger partial charge in [-0.2, -0.15) is 0 Å². The molecule has 2 heteroatoms. The molecule has 4 aliphatic rings. The van der Waals surface area contributed by atoms with Gasteiger partial charge in [0.05, 0.1) is 6.10 Å². The third-order valence-electron chi connectivity index (χ3n) is 5.57. The van der Waals surface area contributed by atoms with Crippen molar-refractivity contribution in [3.05, 3.63) is 0 Å². The molecule has 0 aromatic rings. The zero-order chi connectivity index (χ0) is 12.0. The lowest BCUT2D eigenvalue weighted by atomic mass is 9.47. The van der Waals surface area contributed by atoms with Crippen LogP contribution in [0.25, 0.3) is 0 Å². The fourth-order valence-electron chi connectivity index (χ4n) is 4.94. The first-order valence-electron chi connectivity index (χ1n) is 7.36. The molecule has 4 rings (SSSR count). The highest BCUT2D eigenvalue weighted by Gasteiger charge is 2.57. The van der Waals surface area contributed by atoms with Gasteiger partial charge in [0.15, 0.2) is 0 Å². The van der Waals surface area contributed by atoms with Crippen molar-refractivity contribution in [2.24, 2.45) is 23.2 Å². The fraction of sp³-hybridized carbons (Fsp3) is 0.933. The standard InChI is InChI=1S/C15H24O2/c1-2-3-4-13(16)15-7-10-5-11(8-15)14(17)12(6-10)9-15/h10-12,14,17H,2-9H2,1H3. The van der Waals surface area contributed by atoms with E-state index in [0.29, 0.717) is 17.6 Å². The molecule has 0 aromatic heterocycles. The quantitative estimate of drug-likeness (QED) is 0.815. The van der Waals surface area contributed by atoms with Crippen LogP contribution in [0.2, 0.25) is 0 Å². The number of aliphatic hydroxyl groups excluding tert-OH is 1. The van der Waals surface area contributed by atoms with Gasteiger partial charge in [-0.05, 0) is 56.3 Å². The van der Waals surface area contributed by atoms with Gasteiger partial charge in [0.2, 0.25) is 0 Å². The Balaban J connectivity index is 1.78. The lowest BCUT2D eigenvalue weighted by molar-refractivity contribution is -0.161. The van der Waals surface area contributed by atoms with Crippen molar-refractivity contribution in [2.75, 3.05) is 0 Å². The van der Waals surface area contributed by atoms with Crippen LogP contribution in [0.5, 0.6) is 0 Å². The van der Waals surface area contributed by atoms with Gasteiger partial charge in [-0.3, -0.25) is 4.79 Å². The third-order valence-corrected chi connectivity index (χ3v) is 5.57. The Hall–Kier alpha value is -0.370. The Morgan fingerprint density at radius 2 is 1.88 bits per heavy atom. The van der Waals surface area contributed by atoms with Crippen molar-refractivity contribution >= 4 is 5.78 Å². The molecule has 2 atom stereocenters. The molecular formula is C15H24O2. The van der Waals surface area contributed by atoms with E-state index >= 15 is 0 Å². The number of unbranched alkanes of at least 4 members (excludes halogenated alkanes) is 1. The second kappa shape index (κ2) is 4.08. The first kappa shape index (κ1) is 11.7. The molecule has 0 radical (unpaired) electrons. The minimum absolute atomic E-state index is 0.00903. The molecule has 2 nitrogen and oxygen atoms in total. The minimum atomic E-state index is -0.0985. The molecule has 4 bridgehead atoms. The SMILES string of the molecule is CCCCC(=O)C12CC3CC(C1)C(O)C(C3)C2. The number of ketones is 1. The molecule has 2 unspecified atom stereocenters. The van der Waals surface area contributed by atoms with Gasteiger partial charge in [-0.15, -0.1) is 0 Å². The highest BCUT2D eigenvalue weighted by molar-refractivity contribution is 5.85.